The standard InChI is InChI=1S/C15H17Cl2N5/c1-22-5-4-19-8-13(22)15-20-7-11(14(18)21-15)10-3-2-9(16)6-12(10)17/h2-3,6-7,13,19H,4-5,8H2,1H3,(H2,18,20,21). The van der Waals surface area contributed by atoms with Crippen molar-refractivity contribution in [1.29, 1.82) is 0 Å². The number of hydrogen-bond acceptors (Lipinski definition) is 5. The maximum atomic E-state index is 6.23. The fourth-order valence-electron chi connectivity index (χ4n) is 2.58. The molecule has 0 amide bonds. The molecule has 1 atom stereocenters. The largest absolute Gasteiger partial charge is 0.383 e. The summed E-state index contributed by atoms with van der Waals surface area (Å²) >= 11 is 12.2. The Labute approximate surface area is 139 Å². The van der Waals surface area contributed by atoms with Crippen LogP contribution in [0.25, 0.3) is 11.1 Å². The quantitative estimate of drug-likeness (QED) is 0.881. The highest BCUT2D eigenvalue weighted by molar-refractivity contribution is 6.36. The van der Waals surface area contributed by atoms with Gasteiger partial charge in [0.2, 0.25) is 0 Å². The summed E-state index contributed by atoms with van der Waals surface area (Å²) in [5.74, 6) is 1.15. The van der Waals surface area contributed by atoms with Gasteiger partial charge in [0.05, 0.1) is 11.1 Å². The van der Waals surface area contributed by atoms with Crippen LogP contribution in [0.5, 0.6) is 0 Å². The van der Waals surface area contributed by atoms with Crippen molar-refractivity contribution >= 4 is 29.0 Å². The van der Waals surface area contributed by atoms with Gasteiger partial charge in [-0.25, -0.2) is 9.97 Å². The van der Waals surface area contributed by atoms with Crippen molar-refractivity contribution in [3.8, 4) is 11.1 Å². The van der Waals surface area contributed by atoms with Crippen LogP contribution in [0.4, 0.5) is 5.82 Å². The van der Waals surface area contributed by atoms with Gasteiger partial charge < -0.3 is 11.1 Å². The van der Waals surface area contributed by atoms with E-state index in [1.807, 2.05) is 6.07 Å². The smallest absolute Gasteiger partial charge is 0.149 e. The predicted octanol–water partition coefficient (Wildman–Crippen LogP) is 2.61. The Kier molecular flexibility index (Phi) is 4.49. The molecule has 22 heavy (non-hydrogen) atoms. The molecule has 116 valence electrons. The van der Waals surface area contributed by atoms with E-state index >= 15 is 0 Å². The van der Waals surface area contributed by atoms with Crippen LogP contribution in [0.1, 0.15) is 11.9 Å². The summed E-state index contributed by atoms with van der Waals surface area (Å²) in [6.45, 7) is 2.75. The van der Waals surface area contributed by atoms with E-state index in [2.05, 4.69) is 27.2 Å². The van der Waals surface area contributed by atoms with Crippen molar-refractivity contribution in [2.24, 2.45) is 0 Å². The Morgan fingerprint density at radius 1 is 1.32 bits per heavy atom. The van der Waals surface area contributed by atoms with Crippen LogP contribution in [-0.4, -0.2) is 41.5 Å². The van der Waals surface area contributed by atoms with E-state index in [0.29, 0.717) is 15.9 Å². The Balaban J connectivity index is 1.95. The minimum Gasteiger partial charge on any atom is -0.383 e. The third-order valence-electron chi connectivity index (χ3n) is 3.87. The Morgan fingerprint density at radius 2 is 2.14 bits per heavy atom. The molecule has 1 aromatic heterocycles. The highest BCUT2D eigenvalue weighted by atomic mass is 35.5. The monoisotopic (exact) mass is 337 g/mol. The van der Waals surface area contributed by atoms with Crippen molar-refractivity contribution in [1.82, 2.24) is 20.2 Å². The molecular formula is C15H17Cl2N5. The van der Waals surface area contributed by atoms with Crippen molar-refractivity contribution in [2.45, 2.75) is 6.04 Å². The SMILES string of the molecule is CN1CCNCC1c1ncc(-c2ccc(Cl)cc2Cl)c(N)n1. The number of benzene rings is 1. The van der Waals surface area contributed by atoms with E-state index in [4.69, 9.17) is 28.9 Å². The molecule has 1 saturated heterocycles. The number of nitrogen functional groups attached to an aromatic ring is 1. The molecule has 0 saturated carbocycles. The number of nitrogens with two attached hydrogens (primary N) is 1. The molecule has 1 unspecified atom stereocenters. The van der Waals surface area contributed by atoms with Gasteiger partial charge in [-0.15, -0.1) is 0 Å². The summed E-state index contributed by atoms with van der Waals surface area (Å²) in [7, 11) is 2.06. The molecule has 0 radical (unpaired) electrons. The average Bonchev–Trinajstić information content (AvgIpc) is 2.48. The molecule has 7 heteroatoms. The number of likely N-dealkylation sites (N-methyl/N-ethyl adjacent to an activating group) is 1. The average molecular weight is 338 g/mol. The second kappa shape index (κ2) is 6.38. The first-order valence-corrected chi connectivity index (χ1v) is 7.80. The van der Waals surface area contributed by atoms with Crippen molar-refractivity contribution in [3.63, 3.8) is 0 Å². The number of halogens is 2. The summed E-state index contributed by atoms with van der Waals surface area (Å²) in [6.07, 6.45) is 1.73. The summed E-state index contributed by atoms with van der Waals surface area (Å²) in [5, 5.41) is 4.46. The molecule has 1 fully saturated rings. The number of piperazine rings is 1. The van der Waals surface area contributed by atoms with Gasteiger partial charge in [-0.3, -0.25) is 4.90 Å². The van der Waals surface area contributed by atoms with Gasteiger partial charge >= 0.3 is 0 Å². The van der Waals surface area contributed by atoms with Crippen LogP contribution in [0.2, 0.25) is 10.0 Å². The van der Waals surface area contributed by atoms with E-state index < -0.39 is 0 Å². The van der Waals surface area contributed by atoms with E-state index in [9.17, 15) is 0 Å². The van der Waals surface area contributed by atoms with Gasteiger partial charge in [0, 0.05) is 42.0 Å². The molecule has 3 N–H and O–H groups in total. The van der Waals surface area contributed by atoms with Crippen molar-refractivity contribution in [2.75, 3.05) is 32.4 Å². The van der Waals surface area contributed by atoms with Gasteiger partial charge in [0.15, 0.2) is 0 Å². The lowest BCUT2D eigenvalue weighted by atomic mass is 10.1. The molecule has 1 aliphatic rings. The lowest BCUT2D eigenvalue weighted by molar-refractivity contribution is 0.194. The van der Waals surface area contributed by atoms with Gasteiger partial charge in [-0.2, -0.15) is 0 Å². The highest BCUT2D eigenvalue weighted by Crippen LogP contribution is 2.33. The minimum atomic E-state index is 0.130. The first-order chi connectivity index (χ1) is 10.6. The highest BCUT2D eigenvalue weighted by Gasteiger charge is 2.23. The molecule has 1 aliphatic heterocycles. The number of nitrogens with zero attached hydrogens (tertiary/aromatic N) is 3. The molecule has 0 aliphatic carbocycles. The molecule has 3 rings (SSSR count). The van der Waals surface area contributed by atoms with E-state index in [-0.39, 0.29) is 6.04 Å². The molecule has 2 heterocycles. The number of aromatic nitrogens is 2. The zero-order valence-electron chi connectivity index (χ0n) is 12.2. The Morgan fingerprint density at radius 3 is 2.82 bits per heavy atom. The van der Waals surface area contributed by atoms with E-state index in [1.165, 1.54) is 0 Å². The lowest BCUT2D eigenvalue weighted by Gasteiger charge is -2.31. The first kappa shape index (κ1) is 15.5. The summed E-state index contributed by atoms with van der Waals surface area (Å²) in [6, 6.07) is 5.42. The topological polar surface area (TPSA) is 67.1 Å². The van der Waals surface area contributed by atoms with E-state index in [0.717, 1.165) is 36.6 Å². The molecule has 0 bridgehead atoms. The number of anilines is 1. The number of rotatable bonds is 2. The predicted molar refractivity (Wildman–Crippen MR) is 90.1 cm³/mol. The summed E-state index contributed by atoms with van der Waals surface area (Å²) < 4.78 is 0. The molecule has 1 aromatic carbocycles. The molecular weight excluding hydrogens is 321 g/mol. The maximum Gasteiger partial charge on any atom is 0.149 e. The van der Waals surface area contributed by atoms with Crippen LogP contribution in [0.15, 0.2) is 24.4 Å². The second-order valence-corrected chi connectivity index (χ2v) is 6.20. The van der Waals surface area contributed by atoms with Gasteiger partial charge in [-0.1, -0.05) is 29.3 Å². The number of nitrogens with one attached hydrogen (secondary N) is 1. The third-order valence-corrected chi connectivity index (χ3v) is 4.42. The fraction of sp³-hybridized carbons (Fsp3) is 0.333. The van der Waals surface area contributed by atoms with Crippen LogP contribution < -0.4 is 11.1 Å². The lowest BCUT2D eigenvalue weighted by Crippen LogP contribution is -2.44. The van der Waals surface area contributed by atoms with Gasteiger partial charge in [-0.05, 0) is 19.2 Å². The van der Waals surface area contributed by atoms with Crippen LogP contribution in [-0.2, 0) is 0 Å². The van der Waals surface area contributed by atoms with Crippen molar-refractivity contribution < 1.29 is 0 Å². The van der Waals surface area contributed by atoms with Crippen LogP contribution >= 0.6 is 23.2 Å². The zero-order chi connectivity index (χ0) is 15.7. The zero-order valence-corrected chi connectivity index (χ0v) is 13.7. The summed E-state index contributed by atoms with van der Waals surface area (Å²) in [5.41, 5.74) is 7.63. The molecule has 2 aromatic rings. The molecule has 0 spiro atoms. The van der Waals surface area contributed by atoms with E-state index in [1.54, 1.807) is 18.3 Å². The number of hydrogen-bond donors (Lipinski definition) is 2. The van der Waals surface area contributed by atoms with Gasteiger partial charge in [0.25, 0.3) is 0 Å². The third kappa shape index (κ3) is 3.03. The van der Waals surface area contributed by atoms with Crippen LogP contribution in [0.3, 0.4) is 0 Å². The minimum absolute atomic E-state index is 0.130. The fourth-order valence-corrected chi connectivity index (χ4v) is 3.09. The molecule has 5 nitrogen and oxygen atoms in total. The Bertz CT molecular complexity index is 692. The summed E-state index contributed by atoms with van der Waals surface area (Å²) in [4.78, 5) is 11.2. The normalized spacial score (nSPS) is 19.3. The second-order valence-electron chi connectivity index (χ2n) is 5.35. The van der Waals surface area contributed by atoms with Crippen LogP contribution in [0, 0.1) is 0 Å². The van der Waals surface area contributed by atoms with Gasteiger partial charge in [0.1, 0.15) is 11.6 Å². The Hall–Kier alpha value is -1.40. The maximum absolute atomic E-state index is 6.23. The van der Waals surface area contributed by atoms with Crippen molar-refractivity contribution in [3.05, 3.63) is 40.3 Å². The first-order valence-electron chi connectivity index (χ1n) is 7.05.